The van der Waals surface area contributed by atoms with E-state index in [4.69, 9.17) is 5.10 Å². The predicted octanol–water partition coefficient (Wildman–Crippen LogP) is 1.47. The summed E-state index contributed by atoms with van der Waals surface area (Å²) in [7, 11) is 0. The standard InChI is InChI=1S/C18H19FN6O/c19-14-3-1-2-12(10-14)18(26)23-8-9-25-17-16(21-6-7-22-17)15(24-25)13-4-5-20-11-13/h1-3,6-7,10,13,20H,4-5,8-9,11H2,(H,23,26)/t13-/m1/s1. The van der Waals surface area contributed by atoms with Crippen LogP contribution in [0.4, 0.5) is 4.39 Å². The molecular formula is C18H19FN6O. The van der Waals surface area contributed by atoms with E-state index in [2.05, 4.69) is 20.6 Å². The highest BCUT2D eigenvalue weighted by Gasteiger charge is 2.24. The largest absolute Gasteiger partial charge is 0.350 e. The lowest BCUT2D eigenvalue weighted by molar-refractivity contribution is 0.0951. The Morgan fingerprint density at radius 3 is 3.04 bits per heavy atom. The molecule has 1 aliphatic heterocycles. The van der Waals surface area contributed by atoms with Crippen LogP contribution in [-0.4, -0.2) is 45.3 Å². The molecule has 3 aromatic rings. The van der Waals surface area contributed by atoms with Crippen LogP contribution in [-0.2, 0) is 6.54 Å². The Morgan fingerprint density at radius 2 is 2.23 bits per heavy atom. The molecule has 1 amide bonds. The van der Waals surface area contributed by atoms with Gasteiger partial charge in [0, 0.05) is 37.0 Å². The summed E-state index contributed by atoms with van der Waals surface area (Å²) in [5, 5.41) is 10.8. The number of nitrogens with one attached hydrogen (secondary N) is 2. The van der Waals surface area contributed by atoms with Crippen molar-refractivity contribution in [3.05, 3.63) is 53.7 Å². The fourth-order valence-electron chi connectivity index (χ4n) is 3.25. The minimum Gasteiger partial charge on any atom is -0.350 e. The summed E-state index contributed by atoms with van der Waals surface area (Å²) in [6, 6.07) is 5.63. The van der Waals surface area contributed by atoms with E-state index >= 15 is 0 Å². The van der Waals surface area contributed by atoms with Gasteiger partial charge in [-0.1, -0.05) is 6.07 Å². The van der Waals surface area contributed by atoms with Crippen molar-refractivity contribution in [2.24, 2.45) is 0 Å². The average molecular weight is 354 g/mol. The van der Waals surface area contributed by atoms with Gasteiger partial charge in [0.25, 0.3) is 5.91 Å². The number of hydrogen-bond acceptors (Lipinski definition) is 5. The topological polar surface area (TPSA) is 84.7 Å². The van der Waals surface area contributed by atoms with E-state index in [1.54, 1.807) is 23.1 Å². The monoisotopic (exact) mass is 354 g/mol. The van der Waals surface area contributed by atoms with E-state index in [0.29, 0.717) is 24.6 Å². The van der Waals surface area contributed by atoms with Gasteiger partial charge in [-0.15, -0.1) is 0 Å². The lowest BCUT2D eigenvalue weighted by Crippen LogP contribution is -2.27. The maximum absolute atomic E-state index is 13.2. The van der Waals surface area contributed by atoms with Crippen molar-refractivity contribution in [3.63, 3.8) is 0 Å². The van der Waals surface area contributed by atoms with Crippen LogP contribution in [0.3, 0.4) is 0 Å². The van der Waals surface area contributed by atoms with E-state index < -0.39 is 5.82 Å². The molecule has 4 rings (SSSR count). The minimum absolute atomic E-state index is 0.299. The first-order chi connectivity index (χ1) is 12.7. The Morgan fingerprint density at radius 1 is 1.35 bits per heavy atom. The predicted molar refractivity (Wildman–Crippen MR) is 94.3 cm³/mol. The van der Waals surface area contributed by atoms with Gasteiger partial charge in [0.2, 0.25) is 0 Å². The molecule has 1 saturated heterocycles. The number of aromatic nitrogens is 4. The Kier molecular flexibility index (Phi) is 4.57. The number of amides is 1. The molecule has 0 unspecified atom stereocenters. The molecule has 3 heterocycles. The van der Waals surface area contributed by atoms with E-state index in [9.17, 15) is 9.18 Å². The number of rotatable bonds is 5. The van der Waals surface area contributed by atoms with Crippen molar-refractivity contribution in [1.29, 1.82) is 0 Å². The highest BCUT2D eigenvalue weighted by Crippen LogP contribution is 2.26. The van der Waals surface area contributed by atoms with Crippen LogP contribution >= 0.6 is 0 Å². The molecule has 0 bridgehead atoms. The number of halogens is 1. The van der Waals surface area contributed by atoms with E-state index in [-0.39, 0.29) is 5.91 Å². The van der Waals surface area contributed by atoms with E-state index in [1.165, 1.54) is 18.2 Å². The Hall–Kier alpha value is -2.87. The molecule has 2 N–H and O–H groups in total. The maximum Gasteiger partial charge on any atom is 0.251 e. The molecule has 1 atom stereocenters. The molecule has 0 radical (unpaired) electrons. The quantitative estimate of drug-likeness (QED) is 0.725. The number of nitrogens with zero attached hydrogens (tertiary/aromatic N) is 4. The summed E-state index contributed by atoms with van der Waals surface area (Å²) < 4.78 is 15.0. The van der Waals surface area contributed by atoms with Gasteiger partial charge in [-0.25, -0.2) is 19.0 Å². The lowest BCUT2D eigenvalue weighted by atomic mass is 10.0. The van der Waals surface area contributed by atoms with Crippen molar-refractivity contribution >= 4 is 17.1 Å². The minimum atomic E-state index is -0.430. The van der Waals surface area contributed by atoms with Gasteiger partial charge in [0.05, 0.1) is 12.2 Å². The fraction of sp³-hybridized carbons (Fsp3) is 0.333. The van der Waals surface area contributed by atoms with Crippen molar-refractivity contribution in [3.8, 4) is 0 Å². The molecule has 2 aromatic heterocycles. The van der Waals surface area contributed by atoms with Crippen molar-refractivity contribution in [2.45, 2.75) is 18.9 Å². The molecule has 0 spiro atoms. The van der Waals surface area contributed by atoms with Crippen LogP contribution in [0.5, 0.6) is 0 Å². The van der Waals surface area contributed by atoms with Crippen molar-refractivity contribution < 1.29 is 9.18 Å². The summed E-state index contributed by atoms with van der Waals surface area (Å²) in [4.78, 5) is 21.0. The van der Waals surface area contributed by atoms with E-state index in [0.717, 1.165) is 36.4 Å². The summed E-state index contributed by atoms with van der Waals surface area (Å²) >= 11 is 0. The SMILES string of the molecule is O=C(NCCn1nc([C@@H]2CCNC2)c2nccnc21)c1cccc(F)c1. The Balaban J connectivity index is 1.48. The average Bonchev–Trinajstić information content (AvgIpc) is 3.30. The van der Waals surface area contributed by atoms with Gasteiger partial charge in [0.15, 0.2) is 5.65 Å². The highest BCUT2D eigenvalue weighted by molar-refractivity contribution is 5.94. The molecule has 1 aliphatic rings. The molecule has 0 aliphatic carbocycles. The zero-order valence-corrected chi connectivity index (χ0v) is 14.2. The summed E-state index contributed by atoms with van der Waals surface area (Å²) in [5.41, 5.74) is 2.79. The third-order valence-electron chi connectivity index (χ3n) is 4.54. The van der Waals surface area contributed by atoms with Crippen LogP contribution in [0.25, 0.3) is 11.2 Å². The second kappa shape index (κ2) is 7.17. The Bertz CT molecular complexity index is 934. The van der Waals surface area contributed by atoms with Gasteiger partial charge in [-0.3, -0.25) is 4.79 Å². The zero-order valence-electron chi connectivity index (χ0n) is 14.2. The number of benzene rings is 1. The number of carbonyl (C=O) groups excluding carboxylic acids is 1. The van der Waals surface area contributed by atoms with Crippen LogP contribution < -0.4 is 10.6 Å². The van der Waals surface area contributed by atoms with Gasteiger partial charge in [-0.2, -0.15) is 5.10 Å². The molecule has 134 valence electrons. The lowest BCUT2D eigenvalue weighted by Gasteiger charge is -2.06. The summed E-state index contributed by atoms with van der Waals surface area (Å²) in [5.74, 6) is -0.412. The van der Waals surface area contributed by atoms with Gasteiger partial charge < -0.3 is 10.6 Å². The first-order valence-corrected chi connectivity index (χ1v) is 8.64. The van der Waals surface area contributed by atoms with Crippen molar-refractivity contribution in [2.75, 3.05) is 19.6 Å². The van der Waals surface area contributed by atoms with Crippen LogP contribution in [0.15, 0.2) is 36.7 Å². The second-order valence-corrected chi connectivity index (χ2v) is 6.29. The number of carbonyl (C=O) groups is 1. The number of hydrogen-bond donors (Lipinski definition) is 2. The van der Waals surface area contributed by atoms with Crippen LogP contribution in [0.2, 0.25) is 0 Å². The molecule has 0 saturated carbocycles. The normalized spacial score (nSPS) is 16.9. The third kappa shape index (κ3) is 3.28. The Labute approximate surface area is 149 Å². The van der Waals surface area contributed by atoms with Crippen LogP contribution in [0, 0.1) is 5.82 Å². The molecule has 1 fully saturated rings. The maximum atomic E-state index is 13.2. The van der Waals surface area contributed by atoms with Gasteiger partial charge >= 0.3 is 0 Å². The zero-order chi connectivity index (χ0) is 17.9. The summed E-state index contributed by atoms with van der Waals surface area (Å²) in [6.07, 6.45) is 4.34. The van der Waals surface area contributed by atoms with Gasteiger partial charge in [-0.05, 0) is 31.2 Å². The van der Waals surface area contributed by atoms with Crippen molar-refractivity contribution in [1.82, 2.24) is 30.4 Å². The first-order valence-electron chi connectivity index (χ1n) is 8.64. The fourth-order valence-corrected chi connectivity index (χ4v) is 3.25. The smallest absolute Gasteiger partial charge is 0.251 e. The molecule has 7 nitrogen and oxygen atoms in total. The molecule has 26 heavy (non-hydrogen) atoms. The molecule has 8 heteroatoms. The highest BCUT2D eigenvalue weighted by atomic mass is 19.1. The second-order valence-electron chi connectivity index (χ2n) is 6.29. The van der Waals surface area contributed by atoms with Crippen LogP contribution in [0.1, 0.15) is 28.4 Å². The van der Waals surface area contributed by atoms with E-state index in [1.807, 2.05) is 0 Å². The first kappa shape index (κ1) is 16.6. The molecule has 1 aromatic carbocycles. The third-order valence-corrected chi connectivity index (χ3v) is 4.54. The number of fused-ring (bicyclic) bond motifs is 1. The summed E-state index contributed by atoms with van der Waals surface area (Å²) in [6.45, 7) is 2.70. The van der Waals surface area contributed by atoms with Gasteiger partial charge in [0.1, 0.15) is 11.3 Å². The molecular weight excluding hydrogens is 335 g/mol.